The molecule has 0 radical (unpaired) electrons. The lowest BCUT2D eigenvalue weighted by Crippen LogP contribution is -2.50. The van der Waals surface area contributed by atoms with Gasteiger partial charge in [-0.05, 0) is 19.9 Å². The Labute approximate surface area is 97.0 Å². The van der Waals surface area contributed by atoms with E-state index < -0.39 is 0 Å². The van der Waals surface area contributed by atoms with Crippen LogP contribution in [0.2, 0.25) is 0 Å². The molecule has 1 rings (SSSR count). The normalized spacial score (nSPS) is 20.2. The van der Waals surface area contributed by atoms with Crippen LogP contribution in [0.4, 0.5) is 0 Å². The number of nitrogens with one attached hydrogen (secondary N) is 1. The molecule has 0 unspecified atom stereocenters. The summed E-state index contributed by atoms with van der Waals surface area (Å²) in [7, 11) is 2.15. The number of oxime groups is 1. The van der Waals surface area contributed by atoms with Crippen LogP contribution in [0.3, 0.4) is 0 Å². The van der Waals surface area contributed by atoms with Crippen molar-refractivity contribution in [3.05, 3.63) is 0 Å². The molecule has 0 aromatic carbocycles. The number of hydrogen-bond acceptors (Lipinski definition) is 5. The van der Waals surface area contributed by atoms with Gasteiger partial charge in [-0.2, -0.15) is 0 Å². The Hall–Kier alpha value is -0.850. The minimum absolute atomic E-state index is 0.319. The molecule has 1 aliphatic rings. The van der Waals surface area contributed by atoms with Crippen LogP contribution in [0.5, 0.6) is 0 Å². The number of piperazine rings is 1. The fourth-order valence-electron chi connectivity index (χ4n) is 1.68. The van der Waals surface area contributed by atoms with Crippen molar-refractivity contribution in [3.8, 4) is 0 Å². The maximum Gasteiger partial charge on any atom is 0.139 e. The van der Waals surface area contributed by atoms with Gasteiger partial charge in [0.2, 0.25) is 0 Å². The number of unbranched alkanes of at least 4 members (excludes halogenated alkanes) is 1. The van der Waals surface area contributed by atoms with Gasteiger partial charge in [-0.3, -0.25) is 5.43 Å². The van der Waals surface area contributed by atoms with E-state index in [-0.39, 0.29) is 0 Å². The highest BCUT2D eigenvalue weighted by atomic mass is 16.4. The lowest BCUT2D eigenvalue weighted by molar-refractivity contribution is 0.104. The third-order valence-electron chi connectivity index (χ3n) is 2.83. The highest BCUT2D eigenvalue weighted by molar-refractivity contribution is 5.79. The van der Waals surface area contributed by atoms with Crippen molar-refractivity contribution in [2.75, 3.05) is 39.8 Å². The van der Waals surface area contributed by atoms with E-state index in [1.807, 2.05) is 0 Å². The number of rotatable bonds is 6. The minimum atomic E-state index is 0.319. The average Bonchev–Trinajstić information content (AvgIpc) is 2.31. The van der Waals surface area contributed by atoms with E-state index in [4.69, 9.17) is 10.9 Å². The molecule has 0 aromatic rings. The van der Waals surface area contributed by atoms with Gasteiger partial charge in [0.15, 0.2) is 0 Å². The topological polar surface area (TPSA) is 77.1 Å². The third-order valence-corrected chi connectivity index (χ3v) is 2.83. The summed E-state index contributed by atoms with van der Waals surface area (Å²) in [5, 5.41) is 13.6. The van der Waals surface area contributed by atoms with E-state index >= 15 is 0 Å². The Kier molecular flexibility index (Phi) is 6.14. The number of hydrogen-bond donors (Lipinski definition) is 3. The summed E-state index contributed by atoms with van der Waals surface area (Å²) in [5.74, 6) is 0.319. The molecule has 6 nitrogen and oxygen atoms in total. The molecule has 0 spiro atoms. The standard InChI is InChI=1S/C10H23N5O/c1-14-6-8-15(9-7-14)12-5-3-2-4-10(11)13-16/h12,16H,2-9H2,1H3,(H2,11,13). The first kappa shape index (κ1) is 13.2. The summed E-state index contributed by atoms with van der Waals surface area (Å²) in [6.07, 6.45) is 2.67. The molecular weight excluding hydrogens is 206 g/mol. The molecule has 4 N–H and O–H groups in total. The first-order valence-corrected chi connectivity index (χ1v) is 5.86. The largest absolute Gasteiger partial charge is 0.409 e. The predicted octanol–water partition coefficient (Wildman–Crippen LogP) is -0.345. The zero-order valence-corrected chi connectivity index (χ0v) is 10.0. The van der Waals surface area contributed by atoms with Gasteiger partial charge in [-0.1, -0.05) is 5.16 Å². The highest BCUT2D eigenvalue weighted by Crippen LogP contribution is 1.97. The molecule has 0 aliphatic carbocycles. The monoisotopic (exact) mass is 229 g/mol. The van der Waals surface area contributed by atoms with Crippen molar-refractivity contribution in [3.63, 3.8) is 0 Å². The second kappa shape index (κ2) is 7.43. The highest BCUT2D eigenvalue weighted by Gasteiger charge is 2.12. The molecule has 16 heavy (non-hydrogen) atoms. The van der Waals surface area contributed by atoms with Crippen LogP contribution < -0.4 is 11.2 Å². The van der Waals surface area contributed by atoms with Crippen LogP contribution in [-0.4, -0.2) is 60.7 Å². The molecule has 0 saturated carbocycles. The molecule has 0 aromatic heterocycles. The molecule has 94 valence electrons. The van der Waals surface area contributed by atoms with E-state index in [9.17, 15) is 0 Å². The summed E-state index contributed by atoms with van der Waals surface area (Å²) >= 11 is 0. The number of amidine groups is 1. The Balaban J connectivity index is 1.95. The van der Waals surface area contributed by atoms with E-state index in [0.29, 0.717) is 12.3 Å². The zero-order valence-electron chi connectivity index (χ0n) is 10.0. The van der Waals surface area contributed by atoms with Gasteiger partial charge in [0.1, 0.15) is 5.84 Å². The predicted molar refractivity (Wildman–Crippen MR) is 64.3 cm³/mol. The summed E-state index contributed by atoms with van der Waals surface area (Å²) in [5.41, 5.74) is 8.77. The Bertz CT molecular complexity index is 213. The molecule has 1 saturated heterocycles. The Morgan fingerprint density at radius 3 is 2.62 bits per heavy atom. The quantitative estimate of drug-likeness (QED) is 0.191. The van der Waals surface area contributed by atoms with Crippen molar-refractivity contribution < 1.29 is 5.21 Å². The molecule has 1 aliphatic heterocycles. The SMILES string of the molecule is CN1CCN(NCCCCC(N)=NO)CC1. The summed E-state index contributed by atoms with van der Waals surface area (Å²) < 4.78 is 0. The number of likely N-dealkylation sites (N-methyl/N-ethyl adjacent to an activating group) is 1. The molecule has 1 fully saturated rings. The summed E-state index contributed by atoms with van der Waals surface area (Å²) in [6.45, 7) is 5.37. The first-order chi connectivity index (χ1) is 7.72. The van der Waals surface area contributed by atoms with Gasteiger partial charge in [0.05, 0.1) is 0 Å². The maximum atomic E-state index is 8.35. The van der Waals surface area contributed by atoms with Crippen molar-refractivity contribution in [1.29, 1.82) is 0 Å². The number of nitrogens with zero attached hydrogens (tertiary/aromatic N) is 3. The Morgan fingerprint density at radius 2 is 2.00 bits per heavy atom. The molecule has 0 bridgehead atoms. The van der Waals surface area contributed by atoms with Gasteiger partial charge >= 0.3 is 0 Å². The van der Waals surface area contributed by atoms with Gasteiger partial charge in [-0.25, -0.2) is 5.01 Å². The van der Waals surface area contributed by atoms with E-state index in [0.717, 1.165) is 45.6 Å². The lowest BCUT2D eigenvalue weighted by Gasteiger charge is -2.32. The van der Waals surface area contributed by atoms with E-state index in [1.54, 1.807) is 0 Å². The smallest absolute Gasteiger partial charge is 0.139 e. The van der Waals surface area contributed by atoms with Crippen LogP contribution in [-0.2, 0) is 0 Å². The van der Waals surface area contributed by atoms with Crippen LogP contribution >= 0.6 is 0 Å². The van der Waals surface area contributed by atoms with Crippen molar-refractivity contribution >= 4 is 5.84 Å². The van der Waals surface area contributed by atoms with Crippen molar-refractivity contribution in [2.45, 2.75) is 19.3 Å². The molecule has 0 atom stereocenters. The van der Waals surface area contributed by atoms with Crippen molar-refractivity contribution in [2.24, 2.45) is 10.9 Å². The fraction of sp³-hybridized carbons (Fsp3) is 0.900. The minimum Gasteiger partial charge on any atom is -0.409 e. The maximum absolute atomic E-state index is 8.35. The van der Waals surface area contributed by atoms with Crippen LogP contribution in [0.15, 0.2) is 5.16 Å². The van der Waals surface area contributed by atoms with E-state index in [2.05, 4.69) is 27.5 Å². The van der Waals surface area contributed by atoms with Crippen LogP contribution in [0.1, 0.15) is 19.3 Å². The second-order valence-electron chi connectivity index (χ2n) is 4.25. The molecule has 6 heteroatoms. The van der Waals surface area contributed by atoms with Gasteiger partial charge in [-0.15, -0.1) is 0 Å². The summed E-state index contributed by atoms with van der Waals surface area (Å²) in [4.78, 5) is 2.33. The first-order valence-electron chi connectivity index (χ1n) is 5.86. The van der Waals surface area contributed by atoms with Crippen molar-refractivity contribution in [1.82, 2.24) is 15.3 Å². The Morgan fingerprint density at radius 1 is 1.31 bits per heavy atom. The molecular formula is C10H23N5O. The third kappa shape index (κ3) is 5.29. The lowest BCUT2D eigenvalue weighted by atomic mass is 10.2. The number of nitrogens with two attached hydrogens (primary N) is 1. The number of hydrazine groups is 1. The average molecular weight is 229 g/mol. The molecule has 1 heterocycles. The fourth-order valence-corrected chi connectivity index (χ4v) is 1.68. The van der Waals surface area contributed by atoms with Crippen LogP contribution in [0.25, 0.3) is 0 Å². The zero-order chi connectivity index (χ0) is 11.8. The van der Waals surface area contributed by atoms with Gasteiger partial charge in [0.25, 0.3) is 0 Å². The van der Waals surface area contributed by atoms with Crippen LogP contribution in [0, 0.1) is 0 Å². The second-order valence-corrected chi connectivity index (χ2v) is 4.25. The van der Waals surface area contributed by atoms with Gasteiger partial charge in [0, 0.05) is 39.1 Å². The summed E-state index contributed by atoms with van der Waals surface area (Å²) in [6, 6.07) is 0. The van der Waals surface area contributed by atoms with E-state index in [1.165, 1.54) is 0 Å². The van der Waals surface area contributed by atoms with Gasteiger partial charge < -0.3 is 15.8 Å². The molecule has 0 amide bonds.